The first-order valence-electron chi connectivity index (χ1n) is 7.03. The summed E-state index contributed by atoms with van der Waals surface area (Å²) in [6.07, 6.45) is 5.94. The number of carbonyl (C=O) groups is 1. The zero-order valence-electron chi connectivity index (χ0n) is 12.7. The minimum atomic E-state index is -0.456. The van der Waals surface area contributed by atoms with E-state index in [4.69, 9.17) is 4.74 Å². The van der Waals surface area contributed by atoms with Crippen LogP contribution in [0, 0.1) is 11.8 Å². The Morgan fingerprint density at radius 1 is 1.29 bits per heavy atom. The lowest BCUT2D eigenvalue weighted by molar-refractivity contribution is 0.0267. The van der Waals surface area contributed by atoms with Crippen molar-refractivity contribution in [2.45, 2.75) is 32.8 Å². The van der Waals surface area contributed by atoms with Crippen molar-refractivity contribution < 1.29 is 9.53 Å². The third-order valence-electron chi connectivity index (χ3n) is 2.91. The molecule has 1 aromatic heterocycles. The first-order chi connectivity index (χ1) is 9.94. The summed E-state index contributed by atoms with van der Waals surface area (Å²) in [6, 6.07) is 3.76. The molecule has 0 aromatic carbocycles. The normalized spacial score (nSPS) is 14.8. The van der Waals surface area contributed by atoms with Crippen LogP contribution in [-0.4, -0.2) is 34.7 Å². The number of ether oxygens (including phenoxy) is 1. The fraction of sp³-hybridized carbons (Fsp3) is 0.412. The van der Waals surface area contributed by atoms with Crippen LogP contribution in [0.3, 0.4) is 0 Å². The standard InChI is InChI=1S/C17H20N2O2/c1-17(2,3)21-16(20)19-12-8-15(9-13-19)5-4-14-6-10-18-11-7-14/h6-8,10-11H,9,12-13H2,1-3H3. The van der Waals surface area contributed by atoms with Gasteiger partial charge in [0.15, 0.2) is 0 Å². The van der Waals surface area contributed by atoms with E-state index in [1.54, 1.807) is 17.3 Å². The molecule has 0 spiro atoms. The molecule has 0 radical (unpaired) electrons. The molecule has 1 amide bonds. The molecule has 0 saturated heterocycles. The highest BCUT2D eigenvalue weighted by Crippen LogP contribution is 2.15. The van der Waals surface area contributed by atoms with E-state index < -0.39 is 5.60 Å². The molecule has 4 heteroatoms. The Bertz CT molecular complexity index is 589. The minimum absolute atomic E-state index is 0.264. The zero-order chi connectivity index (χ0) is 15.3. The summed E-state index contributed by atoms with van der Waals surface area (Å²) in [5.74, 6) is 6.25. The average Bonchev–Trinajstić information content (AvgIpc) is 2.45. The van der Waals surface area contributed by atoms with Crippen molar-refractivity contribution in [3.05, 3.63) is 41.7 Å². The SMILES string of the molecule is CC(C)(C)OC(=O)N1CC=C(C#Cc2ccncc2)CC1. The molecular weight excluding hydrogens is 264 g/mol. The number of amides is 1. The number of aromatic nitrogens is 1. The summed E-state index contributed by atoms with van der Waals surface area (Å²) in [4.78, 5) is 17.6. The Hall–Kier alpha value is -2.28. The number of hydrogen-bond donors (Lipinski definition) is 0. The molecule has 0 bridgehead atoms. The third-order valence-corrected chi connectivity index (χ3v) is 2.91. The van der Waals surface area contributed by atoms with Gasteiger partial charge in [-0.3, -0.25) is 4.98 Å². The zero-order valence-corrected chi connectivity index (χ0v) is 12.7. The van der Waals surface area contributed by atoms with Gasteiger partial charge in [0.05, 0.1) is 0 Å². The van der Waals surface area contributed by atoms with Gasteiger partial charge >= 0.3 is 6.09 Å². The molecule has 2 rings (SSSR count). The monoisotopic (exact) mass is 284 g/mol. The molecular formula is C17H20N2O2. The lowest BCUT2D eigenvalue weighted by Crippen LogP contribution is -2.39. The predicted molar refractivity (Wildman–Crippen MR) is 81.6 cm³/mol. The lowest BCUT2D eigenvalue weighted by Gasteiger charge is -2.28. The number of hydrogen-bond acceptors (Lipinski definition) is 3. The second-order valence-corrected chi connectivity index (χ2v) is 5.89. The largest absolute Gasteiger partial charge is 0.444 e. The van der Waals surface area contributed by atoms with E-state index in [2.05, 4.69) is 16.8 Å². The maximum absolute atomic E-state index is 11.9. The van der Waals surface area contributed by atoms with Crippen molar-refractivity contribution in [1.82, 2.24) is 9.88 Å². The predicted octanol–water partition coefficient (Wildman–Crippen LogP) is 3.00. The van der Waals surface area contributed by atoms with Crippen molar-refractivity contribution >= 4 is 6.09 Å². The number of pyridine rings is 1. The van der Waals surface area contributed by atoms with Gasteiger partial charge in [-0.1, -0.05) is 17.9 Å². The summed E-state index contributed by atoms with van der Waals surface area (Å²) < 4.78 is 5.36. The Labute approximate surface area is 125 Å². The highest BCUT2D eigenvalue weighted by molar-refractivity contribution is 5.68. The Morgan fingerprint density at radius 2 is 2.00 bits per heavy atom. The molecule has 0 atom stereocenters. The second kappa shape index (κ2) is 6.45. The highest BCUT2D eigenvalue weighted by Gasteiger charge is 2.23. The summed E-state index contributed by atoms with van der Waals surface area (Å²) in [5, 5.41) is 0. The quantitative estimate of drug-likeness (QED) is 0.688. The van der Waals surface area contributed by atoms with E-state index in [1.165, 1.54) is 0 Å². The maximum atomic E-state index is 11.9. The van der Waals surface area contributed by atoms with Gasteiger partial charge in [0, 0.05) is 36.6 Å². The molecule has 0 aliphatic carbocycles. The maximum Gasteiger partial charge on any atom is 0.410 e. The molecule has 4 nitrogen and oxygen atoms in total. The van der Waals surface area contributed by atoms with Crippen LogP contribution in [0.2, 0.25) is 0 Å². The van der Waals surface area contributed by atoms with E-state index in [9.17, 15) is 4.79 Å². The number of nitrogens with zero attached hydrogens (tertiary/aromatic N) is 2. The fourth-order valence-electron chi connectivity index (χ4n) is 1.86. The first-order valence-corrected chi connectivity index (χ1v) is 7.03. The van der Waals surface area contributed by atoms with Gasteiger partial charge in [0.1, 0.15) is 5.60 Å². The van der Waals surface area contributed by atoms with Gasteiger partial charge in [-0.05, 0) is 39.3 Å². The van der Waals surface area contributed by atoms with Crippen LogP contribution in [-0.2, 0) is 4.74 Å². The van der Waals surface area contributed by atoms with E-state index >= 15 is 0 Å². The van der Waals surface area contributed by atoms with E-state index in [0.29, 0.717) is 13.1 Å². The summed E-state index contributed by atoms with van der Waals surface area (Å²) in [5.41, 5.74) is 1.55. The van der Waals surface area contributed by atoms with Crippen molar-refractivity contribution in [2.24, 2.45) is 0 Å². The summed E-state index contributed by atoms with van der Waals surface area (Å²) >= 11 is 0. The van der Waals surface area contributed by atoms with Gasteiger partial charge in [0.25, 0.3) is 0 Å². The van der Waals surface area contributed by atoms with Crippen LogP contribution in [0.5, 0.6) is 0 Å². The van der Waals surface area contributed by atoms with Crippen molar-refractivity contribution in [1.29, 1.82) is 0 Å². The van der Waals surface area contributed by atoms with E-state index in [0.717, 1.165) is 17.6 Å². The average molecular weight is 284 g/mol. The van der Waals surface area contributed by atoms with E-state index in [1.807, 2.05) is 39.0 Å². The molecule has 0 saturated carbocycles. The molecule has 1 aliphatic rings. The molecule has 0 fully saturated rings. The van der Waals surface area contributed by atoms with Crippen LogP contribution in [0.1, 0.15) is 32.8 Å². The molecule has 21 heavy (non-hydrogen) atoms. The van der Waals surface area contributed by atoms with E-state index in [-0.39, 0.29) is 6.09 Å². The molecule has 0 N–H and O–H groups in total. The first kappa shape index (κ1) is 15.1. The third kappa shape index (κ3) is 4.96. The van der Waals surface area contributed by atoms with Gasteiger partial charge < -0.3 is 9.64 Å². The van der Waals surface area contributed by atoms with Crippen molar-refractivity contribution in [3.63, 3.8) is 0 Å². The van der Waals surface area contributed by atoms with Gasteiger partial charge in [-0.2, -0.15) is 0 Å². The second-order valence-electron chi connectivity index (χ2n) is 5.89. The molecule has 1 aromatic rings. The van der Waals surface area contributed by atoms with Crippen LogP contribution in [0.15, 0.2) is 36.2 Å². The fourth-order valence-corrected chi connectivity index (χ4v) is 1.86. The van der Waals surface area contributed by atoms with Crippen LogP contribution in [0.4, 0.5) is 4.79 Å². The Morgan fingerprint density at radius 3 is 2.57 bits per heavy atom. The van der Waals surface area contributed by atoms with Crippen LogP contribution < -0.4 is 0 Å². The highest BCUT2D eigenvalue weighted by atomic mass is 16.6. The number of carbonyl (C=O) groups excluding carboxylic acids is 1. The van der Waals surface area contributed by atoms with Crippen molar-refractivity contribution in [2.75, 3.05) is 13.1 Å². The Kier molecular flexibility index (Phi) is 4.64. The van der Waals surface area contributed by atoms with Crippen molar-refractivity contribution in [3.8, 4) is 11.8 Å². The molecule has 2 heterocycles. The topological polar surface area (TPSA) is 42.4 Å². The molecule has 1 aliphatic heterocycles. The molecule has 0 unspecified atom stereocenters. The number of rotatable bonds is 0. The smallest absolute Gasteiger partial charge is 0.410 e. The summed E-state index contributed by atoms with van der Waals surface area (Å²) in [7, 11) is 0. The van der Waals surface area contributed by atoms with Crippen LogP contribution >= 0.6 is 0 Å². The van der Waals surface area contributed by atoms with Gasteiger partial charge in [-0.25, -0.2) is 4.79 Å². The Balaban J connectivity index is 1.94. The van der Waals surface area contributed by atoms with Crippen LogP contribution in [0.25, 0.3) is 0 Å². The van der Waals surface area contributed by atoms with Gasteiger partial charge in [0.2, 0.25) is 0 Å². The summed E-state index contributed by atoms with van der Waals surface area (Å²) in [6.45, 7) is 6.81. The molecule has 110 valence electrons. The lowest BCUT2D eigenvalue weighted by atomic mass is 10.1. The minimum Gasteiger partial charge on any atom is -0.444 e. The van der Waals surface area contributed by atoms with Gasteiger partial charge in [-0.15, -0.1) is 0 Å².